The first kappa shape index (κ1) is 22.2. The highest BCUT2D eigenvalue weighted by molar-refractivity contribution is 7.91. The molecule has 1 fully saturated rings. The first-order valence-corrected chi connectivity index (χ1v) is 12.2. The Morgan fingerprint density at radius 3 is 2.43 bits per heavy atom. The fraction of sp³-hybridized carbons (Fsp3) is 0.435. The van der Waals surface area contributed by atoms with E-state index in [4.69, 9.17) is 9.47 Å². The van der Waals surface area contributed by atoms with Gasteiger partial charge in [-0.15, -0.1) is 0 Å². The molecular formula is C23H29NO5S. The van der Waals surface area contributed by atoms with Gasteiger partial charge in [0.1, 0.15) is 11.5 Å². The summed E-state index contributed by atoms with van der Waals surface area (Å²) >= 11 is 0. The summed E-state index contributed by atoms with van der Waals surface area (Å²) in [7, 11) is -3.13. The van der Waals surface area contributed by atoms with Gasteiger partial charge in [0.05, 0.1) is 30.3 Å². The van der Waals surface area contributed by atoms with Crippen molar-refractivity contribution < 1.29 is 22.7 Å². The van der Waals surface area contributed by atoms with Crippen LogP contribution in [-0.2, 0) is 16.4 Å². The zero-order valence-electron chi connectivity index (χ0n) is 17.5. The third-order valence-electron chi connectivity index (χ3n) is 5.08. The normalized spacial score (nSPS) is 17.5. The number of amides is 1. The number of carbonyl (C=O) groups is 1. The van der Waals surface area contributed by atoms with Gasteiger partial charge >= 0.3 is 0 Å². The Labute approximate surface area is 178 Å². The van der Waals surface area contributed by atoms with E-state index in [0.29, 0.717) is 37.5 Å². The number of hydrogen-bond donors (Lipinski definition) is 0. The molecule has 1 atom stereocenters. The van der Waals surface area contributed by atoms with Gasteiger partial charge in [-0.2, -0.15) is 0 Å². The van der Waals surface area contributed by atoms with E-state index in [2.05, 4.69) is 0 Å². The SMILES string of the molecule is CCCOc1ccc(CN(C(=O)c2ccccc2OCC)[C@H]2CCS(=O)(=O)C2)cc1. The molecule has 1 aliphatic heterocycles. The number of rotatable bonds is 9. The smallest absolute Gasteiger partial charge is 0.258 e. The number of benzene rings is 2. The zero-order chi connectivity index (χ0) is 21.6. The van der Waals surface area contributed by atoms with Gasteiger partial charge in [-0.3, -0.25) is 4.79 Å². The summed E-state index contributed by atoms with van der Waals surface area (Å²) in [4.78, 5) is 15.1. The van der Waals surface area contributed by atoms with Crippen molar-refractivity contribution in [3.05, 3.63) is 59.7 Å². The van der Waals surface area contributed by atoms with Crippen molar-refractivity contribution >= 4 is 15.7 Å². The number of carbonyl (C=O) groups excluding carboxylic acids is 1. The van der Waals surface area contributed by atoms with Crippen LogP contribution in [0.15, 0.2) is 48.5 Å². The molecule has 0 saturated carbocycles. The Morgan fingerprint density at radius 2 is 1.80 bits per heavy atom. The molecule has 2 aromatic rings. The Kier molecular flexibility index (Phi) is 7.37. The van der Waals surface area contributed by atoms with Crippen molar-refractivity contribution in [2.75, 3.05) is 24.7 Å². The van der Waals surface area contributed by atoms with E-state index in [1.165, 1.54) is 0 Å². The molecule has 1 amide bonds. The summed E-state index contributed by atoms with van der Waals surface area (Å²) in [6.45, 7) is 5.34. The Balaban J connectivity index is 1.87. The number of hydrogen-bond acceptors (Lipinski definition) is 5. The largest absolute Gasteiger partial charge is 0.494 e. The standard InChI is InChI=1S/C23H29NO5S/c1-3-14-29-20-11-9-18(10-12-20)16-24(19-13-15-30(26,27)17-19)23(25)21-7-5-6-8-22(21)28-4-2/h5-12,19H,3-4,13-17H2,1-2H3/t19-/m0/s1. The summed E-state index contributed by atoms with van der Waals surface area (Å²) in [6.07, 6.45) is 1.38. The van der Waals surface area contributed by atoms with Crippen molar-refractivity contribution in [1.82, 2.24) is 4.90 Å². The lowest BCUT2D eigenvalue weighted by molar-refractivity contribution is 0.0676. The molecule has 1 aliphatic rings. The summed E-state index contributed by atoms with van der Waals surface area (Å²) in [5, 5.41) is 0. The second-order valence-corrected chi connectivity index (χ2v) is 9.64. The highest BCUT2D eigenvalue weighted by Gasteiger charge is 2.35. The number of ether oxygens (including phenoxy) is 2. The zero-order valence-corrected chi connectivity index (χ0v) is 18.4. The predicted molar refractivity (Wildman–Crippen MR) is 117 cm³/mol. The second-order valence-electron chi connectivity index (χ2n) is 7.41. The van der Waals surface area contributed by atoms with E-state index in [0.717, 1.165) is 17.7 Å². The molecule has 162 valence electrons. The maximum absolute atomic E-state index is 13.5. The van der Waals surface area contributed by atoms with Gasteiger partial charge in [0.25, 0.3) is 5.91 Å². The second kappa shape index (κ2) is 9.98. The van der Waals surface area contributed by atoms with Gasteiger partial charge in [0, 0.05) is 12.6 Å². The number of nitrogens with zero attached hydrogens (tertiary/aromatic N) is 1. The molecule has 0 unspecified atom stereocenters. The van der Waals surface area contributed by atoms with Gasteiger partial charge in [-0.1, -0.05) is 31.2 Å². The van der Waals surface area contributed by atoms with Crippen molar-refractivity contribution in [3.8, 4) is 11.5 Å². The lowest BCUT2D eigenvalue weighted by atomic mass is 10.1. The molecule has 1 saturated heterocycles. The first-order valence-electron chi connectivity index (χ1n) is 10.4. The van der Waals surface area contributed by atoms with Gasteiger partial charge in [0.2, 0.25) is 0 Å². The van der Waals surface area contributed by atoms with Gasteiger partial charge in [-0.05, 0) is 49.6 Å². The first-order chi connectivity index (χ1) is 14.4. The molecule has 1 heterocycles. The average Bonchev–Trinajstić information content (AvgIpc) is 3.11. The summed E-state index contributed by atoms with van der Waals surface area (Å²) in [5.41, 5.74) is 1.37. The summed E-state index contributed by atoms with van der Waals surface area (Å²) < 4.78 is 35.4. The van der Waals surface area contributed by atoms with E-state index in [1.807, 2.05) is 44.2 Å². The molecule has 0 N–H and O–H groups in total. The highest BCUT2D eigenvalue weighted by Crippen LogP contribution is 2.26. The van der Waals surface area contributed by atoms with Crippen molar-refractivity contribution in [2.45, 2.75) is 39.3 Å². The molecule has 7 heteroatoms. The molecule has 6 nitrogen and oxygen atoms in total. The van der Waals surface area contributed by atoms with Crippen LogP contribution in [-0.4, -0.2) is 50.0 Å². The molecule has 2 aromatic carbocycles. The van der Waals surface area contributed by atoms with E-state index in [-0.39, 0.29) is 23.5 Å². The van der Waals surface area contributed by atoms with E-state index in [1.54, 1.807) is 23.1 Å². The fourth-order valence-electron chi connectivity index (χ4n) is 3.58. The molecule has 30 heavy (non-hydrogen) atoms. The maximum Gasteiger partial charge on any atom is 0.258 e. The Bertz CT molecular complexity index is 956. The maximum atomic E-state index is 13.5. The minimum atomic E-state index is -3.13. The highest BCUT2D eigenvalue weighted by atomic mass is 32.2. The topological polar surface area (TPSA) is 72.9 Å². The van der Waals surface area contributed by atoms with Gasteiger partial charge < -0.3 is 14.4 Å². The quantitative estimate of drug-likeness (QED) is 0.605. The molecule has 0 aliphatic carbocycles. The molecule has 0 bridgehead atoms. The van der Waals surface area contributed by atoms with Crippen LogP contribution in [0.1, 0.15) is 42.6 Å². The van der Waals surface area contributed by atoms with Gasteiger partial charge in [0.15, 0.2) is 9.84 Å². The lowest BCUT2D eigenvalue weighted by Gasteiger charge is -2.29. The van der Waals surface area contributed by atoms with Crippen LogP contribution in [0.25, 0.3) is 0 Å². The lowest BCUT2D eigenvalue weighted by Crippen LogP contribution is -2.40. The van der Waals surface area contributed by atoms with Crippen LogP contribution in [0.2, 0.25) is 0 Å². The Morgan fingerprint density at radius 1 is 1.07 bits per heavy atom. The van der Waals surface area contributed by atoms with Crippen molar-refractivity contribution in [1.29, 1.82) is 0 Å². The number of para-hydroxylation sites is 1. The monoisotopic (exact) mass is 431 g/mol. The van der Waals surface area contributed by atoms with Crippen LogP contribution < -0.4 is 9.47 Å². The molecule has 0 radical (unpaired) electrons. The minimum Gasteiger partial charge on any atom is -0.494 e. The third kappa shape index (κ3) is 5.53. The van der Waals surface area contributed by atoms with Crippen LogP contribution in [0.4, 0.5) is 0 Å². The predicted octanol–water partition coefficient (Wildman–Crippen LogP) is 3.70. The number of sulfone groups is 1. The summed E-state index contributed by atoms with van der Waals surface area (Å²) in [5.74, 6) is 1.18. The van der Waals surface area contributed by atoms with E-state index in [9.17, 15) is 13.2 Å². The molecular weight excluding hydrogens is 402 g/mol. The average molecular weight is 432 g/mol. The van der Waals surface area contributed by atoms with E-state index < -0.39 is 9.84 Å². The molecule has 0 spiro atoms. The Hall–Kier alpha value is -2.54. The minimum absolute atomic E-state index is 0.00671. The van der Waals surface area contributed by atoms with E-state index >= 15 is 0 Å². The van der Waals surface area contributed by atoms with Crippen LogP contribution in [0.3, 0.4) is 0 Å². The van der Waals surface area contributed by atoms with Crippen LogP contribution in [0, 0.1) is 0 Å². The fourth-order valence-corrected chi connectivity index (χ4v) is 5.31. The van der Waals surface area contributed by atoms with Gasteiger partial charge in [-0.25, -0.2) is 8.42 Å². The third-order valence-corrected chi connectivity index (χ3v) is 6.83. The van der Waals surface area contributed by atoms with Crippen molar-refractivity contribution in [3.63, 3.8) is 0 Å². The molecule has 3 rings (SSSR count). The summed E-state index contributed by atoms with van der Waals surface area (Å²) in [6, 6.07) is 14.4. The molecule has 0 aromatic heterocycles. The van der Waals surface area contributed by atoms with Crippen molar-refractivity contribution in [2.24, 2.45) is 0 Å². The van der Waals surface area contributed by atoms with Crippen LogP contribution in [0.5, 0.6) is 11.5 Å². The van der Waals surface area contributed by atoms with Crippen LogP contribution >= 0.6 is 0 Å².